The van der Waals surface area contributed by atoms with Crippen molar-refractivity contribution in [3.8, 4) is 6.07 Å². The van der Waals surface area contributed by atoms with Crippen LogP contribution in [0.3, 0.4) is 0 Å². The first kappa shape index (κ1) is 24.4. The highest BCUT2D eigenvalue weighted by Gasteiger charge is 2.58. The number of carbonyl (C=O) groups is 1. The van der Waals surface area contributed by atoms with Gasteiger partial charge in [-0.2, -0.15) is 5.26 Å². The molecular formula is C27H30Cl2N4O2. The summed E-state index contributed by atoms with van der Waals surface area (Å²) in [5.41, 5.74) is 2.69. The van der Waals surface area contributed by atoms with E-state index in [4.69, 9.17) is 23.2 Å². The van der Waals surface area contributed by atoms with Crippen LogP contribution >= 0.6 is 23.2 Å². The summed E-state index contributed by atoms with van der Waals surface area (Å²) in [6, 6.07) is 15.3. The second kappa shape index (κ2) is 9.99. The van der Waals surface area contributed by atoms with Crippen molar-refractivity contribution in [3.05, 3.63) is 63.6 Å². The highest BCUT2D eigenvalue weighted by molar-refractivity contribution is 6.35. The topological polar surface area (TPSA) is 79.6 Å². The Morgan fingerprint density at radius 3 is 2.71 bits per heavy atom. The van der Waals surface area contributed by atoms with Crippen LogP contribution in [0.2, 0.25) is 10.0 Å². The van der Waals surface area contributed by atoms with E-state index >= 15 is 0 Å². The normalized spacial score (nSPS) is 27.7. The van der Waals surface area contributed by atoms with E-state index in [2.05, 4.69) is 22.4 Å². The summed E-state index contributed by atoms with van der Waals surface area (Å²) >= 11 is 12.3. The minimum absolute atomic E-state index is 0.136. The van der Waals surface area contributed by atoms with Crippen molar-refractivity contribution in [2.24, 2.45) is 5.92 Å². The number of aliphatic hydroxyl groups excluding tert-OH is 1. The maximum absolute atomic E-state index is 13.5. The van der Waals surface area contributed by atoms with Crippen LogP contribution in [0.15, 0.2) is 42.5 Å². The molecule has 5 rings (SSSR count). The molecule has 1 unspecified atom stereocenters. The largest absolute Gasteiger partial charge is 0.392 e. The molecule has 8 heteroatoms. The van der Waals surface area contributed by atoms with Gasteiger partial charge in [-0.25, -0.2) is 4.79 Å². The number of anilines is 1. The van der Waals surface area contributed by atoms with Gasteiger partial charge in [-0.15, -0.1) is 0 Å². The Balaban J connectivity index is 1.30. The number of nitrogens with one attached hydrogen (secondary N) is 1. The molecule has 3 fully saturated rings. The molecule has 2 N–H and O–H groups in total. The number of hydrogen-bond acceptors (Lipinski definition) is 4. The zero-order chi connectivity index (χ0) is 24.6. The number of nitrogens with zero attached hydrogens (tertiary/aromatic N) is 3. The highest BCUT2D eigenvalue weighted by atomic mass is 35.5. The van der Waals surface area contributed by atoms with E-state index in [1.807, 2.05) is 23.1 Å². The van der Waals surface area contributed by atoms with Crippen molar-refractivity contribution < 1.29 is 9.90 Å². The zero-order valence-electron chi connectivity index (χ0n) is 19.6. The molecule has 35 heavy (non-hydrogen) atoms. The molecule has 3 aliphatic rings. The number of amides is 2. The molecule has 2 amide bonds. The van der Waals surface area contributed by atoms with E-state index in [1.165, 1.54) is 5.56 Å². The first-order chi connectivity index (χ1) is 16.9. The minimum Gasteiger partial charge on any atom is -0.392 e. The van der Waals surface area contributed by atoms with Crippen molar-refractivity contribution in [2.45, 2.75) is 49.7 Å². The van der Waals surface area contributed by atoms with Gasteiger partial charge in [0.1, 0.15) is 0 Å². The van der Waals surface area contributed by atoms with Crippen LogP contribution in [0.4, 0.5) is 10.5 Å². The number of benzene rings is 2. The van der Waals surface area contributed by atoms with Crippen LogP contribution in [0, 0.1) is 17.2 Å². The SMILES string of the molecule is N#Cc1cccc([C@]23CC[C@@H](N(CCN4CC[C@@H](O)C4)C(=O)Nc4cc(Cl)cc(Cl)c4)CC2C3)c1. The molecule has 4 atom stereocenters. The van der Waals surface area contributed by atoms with Crippen LogP contribution in [0.1, 0.15) is 43.2 Å². The minimum atomic E-state index is -0.281. The van der Waals surface area contributed by atoms with Gasteiger partial charge in [0.15, 0.2) is 0 Å². The summed E-state index contributed by atoms with van der Waals surface area (Å²) in [4.78, 5) is 17.7. The highest BCUT2D eigenvalue weighted by Crippen LogP contribution is 2.62. The van der Waals surface area contributed by atoms with Gasteiger partial charge >= 0.3 is 6.03 Å². The average molecular weight is 513 g/mol. The maximum atomic E-state index is 13.5. The Morgan fingerprint density at radius 1 is 1.23 bits per heavy atom. The molecule has 0 spiro atoms. The Hall–Kier alpha value is -2.30. The van der Waals surface area contributed by atoms with E-state index in [1.54, 1.807) is 18.2 Å². The number of aliphatic hydroxyl groups is 1. The van der Waals surface area contributed by atoms with Crippen LogP contribution in [0.5, 0.6) is 0 Å². The quantitative estimate of drug-likeness (QED) is 0.551. The fourth-order valence-electron chi connectivity index (χ4n) is 6.08. The van der Waals surface area contributed by atoms with Gasteiger partial charge in [-0.3, -0.25) is 4.90 Å². The number of nitriles is 1. The summed E-state index contributed by atoms with van der Waals surface area (Å²) in [5, 5.41) is 23.2. The molecule has 0 radical (unpaired) electrons. The molecule has 0 aromatic heterocycles. The average Bonchev–Trinajstić information content (AvgIpc) is 3.43. The third-order valence-electron chi connectivity index (χ3n) is 8.00. The van der Waals surface area contributed by atoms with Gasteiger partial charge in [0.25, 0.3) is 0 Å². The Bertz CT molecular complexity index is 1130. The van der Waals surface area contributed by atoms with Crippen molar-refractivity contribution in [1.29, 1.82) is 5.26 Å². The smallest absolute Gasteiger partial charge is 0.322 e. The number of β-amino-alcohol motifs (C(OH)–C–C–N with tert-alkyl or cyclic N) is 1. The summed E-state index contributed by atoms with van der Waals surface area (Å²) in [6.07, 6.45) is 4.48. The van der Waals surface area contributed by atoms with E-state index in [0.29, 0.717) is 40.3 Å². The maximum Gasteiger partial charge on any atom is 0.322 e. The summed E-state index contributed by atoms with van der Waals surface area (Å²) < 4.78 is 0. The summed E-state index contributed by atoms with van der Waals surface area (Å²) in [5.74, 6) is 0.514. The predicted octanol–water partition coefficient (Wildman–Crippen LogP) is 5.28. The molecule has 2 aliphatic carbocycles. The number of rotatable bonds is 6. The van der Waals surface area contributed by atoms with Gasteiger partial charge in [-0.05, 0) is 79.3 Å². The molecule has 0 bridgehead atoms. The number of hydrogen-bond donors (Lipinski definition) is 2. The van der Waals surface area contributed by atoms with Crippen LogP contribution < -0.4 is 5.32 Å². The van der Waals surface area contributed by atoms with Gasteiger partial charge in [0.2, 0.25) is 0 Å². The Morgan fingerprint density at radius 2 is 2.03 bits per heavy atom. The second-order valence-corrected chi connectivity index (χ2v) is 11.1. The van der Waals surface area contributed by atoms with Crippen molar-refractivity contribution in [3.63, 3.8) is 0 Å². The fourth-order valence-corrected chi connectivity index (χ4v) is 6.61. The lowest BCUT2D eigenvalue weighted by Crippen LogP contribution is -2.48. The van der Waals surface area contributed by atoms with E-state index < -0.39 is 0 Å². The number of likely N-dealkylation sites (tertiary alicyclic amines) is 1. The summed E-state index contributed by atoms with van der Waals surface area (Å²) in [7, 11) is 0. The second-order valence-electron chi connectivity index (χ2n) is 10.2. The number of fused-ring (bicyclic) bond motifs is 1. The summed E-state index contributed by atoms with van der Waals surface area (Å²) in [6.45, 7) is 2.84. The molecule has 1 saturated heterocycles. The lowest BCUT2D eigenvalue weighted by molar-refractivity contribution is 0.142. The molecule has 184 valence electrons. The standard InChI is InChI=1S/C27H30Cl2N4O2/c28-21-12-22(29)14-23(13-21)31-26(35)33(9-8-32-7-5-25(34)17-32)24-4-6-27(15-20(27)11-24)19-3-1-2-18(10-19)16-30/h1-3,10,12-14,20,24-25,34H,4-9,11,15,17H2,(H,31,35)/t20?,24-,25-,27-/m1/s1. The monoisotopic (exact) mass is 512 g/mol. The van der Waals surface area contributed by atoms with Gasteiger partial charge < -0.3 is 15.3 Å². The van der Waals surface area contributed by atoms with Crippen LogP contribution in [0.25, 0.3) is 0 Å². The molecule has 1 heterocycles. The molecule has 2 aromatic carbocycles. The van der Waals surface area contributed by atoms with Crippen molar-refractivity contribution in [2.75, 3.05) is 31.5 Å². The molecule has 2 saturated carbocycles. The van der Waals surface area contributed by atoms with Crippen molar-refractivity contribution >= 4 is 34.9 Å². The van der Waals surface area contributed by atoms with Gasteiger partial charge in [0.05, 0.1) is 17.7 Å². The lowest BCUT2D eigenvalue weighted by Gasteiger charge is -2.37. The van der Waals surface area contributed by atoms with Crippen LogP contribution in [-0.2, 0) is 5.41 Å². The van der Waals surface area contributed by atoms with Gasteiger partial charge in [0, 0.05) is 48.0 Å². The fraction of sp³-hybridized carbons (Fsp3) is 0.481. The number of carbonyl (C=O) groups excluding carboxylic acids is 1. The molecular weight excluding hydrogens is 483 g/mol. The molecule has 2 aromatic rings. The number of halogens is 2. The molecule has 1 aliphatic heterocycles. The third kappa shape index (κ3) is 5.29. The lowest BCUT2D eigenvalue weighted by atomic mass is 9.80. The molecule has 6 nitrogen and oxygen atoms in total. The first-order valence-corrected chi connectivity index (χ1v) is 13.1. The Labute approximate surface area is 216 Å². The van der Waals surface area contributed by atoms with Gasteiger partial charge in [-0.1, -0.05) is 35.3 Å². The van der Waals surface area contributed by atoms with Crippen LogP contribution in [-0.4, -0.2) is 59.3 Å². The third-order valence-corrected chi connectivity index (χ3v) is 8.44. The van der Waals surface area contributed by atoms with E-state index in [-0.39, 0.29) is 23.6 Å². The van der Waals surface area contributed by atoms with Crippen molar-refractivity contribution in [1.82, 2.24) is 9.80 Å². The Kier molecular flexibility index (Phi) is 6.96. The number of urea groups is 1. The first-order valence-electron chi connectivity index (χ1n) is 12.3. The van der Waals surface area contributed by atoms with E-state index in [0.717, 1.165) is 45.2 Å². The van der Waals surface area contributed by atoms with E-state index in [9.17, 15) is 15.2 Å². The predicted molar refractivity (Wildman–Crippen MR) is 138 cm³/mol. The zero-order valence-corrected chi connectivity index (χ0v) is 21.1.